The highest BCUT2D eigenvalue weighted by atomic mass is 19.2. The molecule has 0 aliphatic carbocycles. The Morgan fingerprint density at radius 1 is 1.03 bits per heavy atom. The summed E-state index contributed by atoms with van der Waals surface area (Å²) in [4.78, 5) is 2.14. The van der Waals surface area contributed by atoms with Gasteiger partial charge in [-0.2, -0.15) is 4.39 Å². The Bertz CT molecular complexity index is 1280. The molecule has 1 atom stereocenters. The SMILES string of the molecule is CC1=C(c2cc(O)c(F)c(F)c2)C(c2ccc(OCCN3CC(CF)C3)cc2)Oc2ccc(O)cc21. The number of nitrogens with zero attached hydrogens (tertiary/aromatic N) is 1. The maximum absolute atomic E-state index is 14.2. The van der Waals surface area contributed by atoms with Crippen LogP contribution in [-0.4, -0.2) is 48.0 Å². The van der Waals surface area contributed by atoms with Crippen LogP contribution in [-0.2, 0) is 0 Å². The van der Waals surface area contributed by atoms with Crippen molar-refractivity contribution in [1.82, 2.24) is 4.90 Å². The molecule has 188 valence electrons. The van der Waals surface area contributed by atoms with Gasteiger partial charge in [-0.15, -0.1) is 0 Å². The van der Waals surface area contributed by atoms with Crippen LogP contribution in [0.5, 0.6) is 23.0 Å². The number of fused-ring (bicyclic) bond motifs is 1. The van der Waals surface area contributed by atoms with Crippen LogP contribution < -0.4 is 9.47 Å². The minimum atomic E-state index is -1.32. The minimum absolute atomic E-state index is 0.0441. The van der Waals surface area contributed by atoms with Gasteiger partial charge in [-0.3, -0.25) is 9.29 Å². The van der Waals surface area contributed by atoms with Crippen molar-refractivity contribution in [3.05, 3.63) is 82.9 Å². The van der Waals surface area contributed by atoms with Crippen LogP contribution in [0.1, 0.15) is 29.7 Å². The van der Waals surface area contributed by atoms with Gasteiger partial charge in [-0.25, -0.2) is 4.39 Å². The van der Waals surface area contributed by atoms with E-state index in [-0.39, 0.29) is 23.9 Å². The van der Waals surface area contributed by atoms with Crippen molar-refractivity contribution in [2.75, 3.05) is 32.9 Å². The summed E-state index contributed by atoms with van der Waals surface area (Å²) in [6, 6.07) is 14.2. The van der Waals surface area contributed by atoms with Crippen LogP contribution in [0.2, 0.25) is 0 Å². The van der Waals surface area contributed by atoms with Crippen molar-refractivity contribution < 1.29 is 32.9 Å². The molecule has 0 amide bonds. The number of hydrogen-bond donors (Lipinski definition) is 2. The van der Waals surface area contributed by atoms with E-state index in [2.05, 4.69) is 4.90 Å². The van der Waals surface area contributed by atoms with E-state index < -0.39 is 23.5 Å². The highest BCUT2D eigenvalue weighted by molar-refractivity contribution is 5.96. The fraction of sp³-hybridized carbons (Fsp3) is 0.286. The van der Waals surface area contributed by atoms with E-state index in [0.29, 0.717) is 34.8 Å². The van der Waals surface area contributed by atoms with Gasteiger partial charge in [0.15, 0.2) is 17.4 Å². The molecule has 2 aliphatic rings. The molecule has 2 N–H and O–H groups in total. The predicted octanol–water partition coefficient (Wildman–Crippen LogP) is 5.72. The molecule has 36 heavy (non-hydrogen) atoms. The van der Waals surface area contributed by atoms with Crippen LogP contribution in [0.3, 0.4) is 0 Å². The number of phenols is 2. The van der Waals surface area contributed by atoms with Crippen LogP contribution in [0.25, 0.3) is 11.1 Å². The largest absolute Gasteiger partial charge is 0.508 e. The molecule has 3 aromatic rings. The third-order valence-corrected chi connectivity index (χ3v) is 6.71. The Morgan fingerprint density at radius 3 is 2.47 bits per heavy atom. The average molecular weight is 498 g/mol. The highest BCUT2D eigenvalue weighted by Crippen LogP contribution is 2.48. The molecule has 1 fully saturated rings. The van der Waals surface area contributed by atoms with Gasteiger partial charge in [-0.05, 0) is 66.1 Å². The summed E-state index contributed by atoms with van der Waals surface area (Å²) in [7, 11) is 0. The maximum atomic E-state index is 14.2. The van der Waals surface area contributed by atoms with E-state index in [0.717, 1.165) is 31.3 Å². The summed E-state index contributed by atoms with van der Waals surface area (Å²) in [6.45, 7) is 4.24. The number of benzene rings is 3. The van der Waals surface area contributed by atoms with Gasteiger partial charge in [0.2, 0.25) is 0 Å². The van der Waals surface area contributed by atoms with Crippen molar-refractivity contribution in [3.63, 3.8) is 0 Å². The van der Waals surface area contributed by atoms with E-state index in [1.807, 2.05) is 19.1 Å². The lowest BCUT2D eigenvalue weighted by Gasteiger charge is -2.37. The predicted molar refractivity (Wildman–Crippen MR) is 130 cm³/mol. The molecule has 2 aliphatic heterocycles. The maximum Gasteiger partial charge on any atom is 0.200 e. The van der Waals surface area contributed by atoms with E-state index in [1.54, 1.807) is 24.3 Å². The number of hydrogen-bond acceptors (Lipinski definition) is 5. The monoisotopic (exact) mass is 497 g/mol. The van der Waals surface area contributed by atoms with Gasteiger partial charge in [0.25, 0.3) is 0 Å². The number of aromatic hydroxyl groups is 2. The molecule has 2 heterocycles. The molecule has 5 rings (SSSR count). The minimum Gasteiger partial charge on any atom is -0.508 e. The van der Waals surface area contributed by atoms with Gasteiger partial charge in [0.05, 0.1) is 6.67 Å². The number of phenolic OH excluding ortho intramolecular Hbond substituents is 2. The first-order chi connectivity index (χ1) is 17.3. The van der Waals surface area contributed by atoms with Gasteiger partial charge < -0.3 is 19.7 Å². The second kappa shape index (κ2) is 9.78. The number of rotatable bonds is 7. The Hall–Kier alpha value is -3.65. The second-order valence-corrected chi connectivity index (χ2v) is 9.21. The fourth-order valence-corrected chi connectivity index (χ4v) is 4.76. The third-order valence-electron chi connectivity index (χ3n) is 6.71. The smallest absolute Gasteiger partial charge is 0.200 e. The summed E-state index contributed by atoms with van der Waals surface area (Å²) in [5.74, 6) is -1.91. The molecule has 3 aromatic carbocycles. The number of alkyl halides is 1. The van der Waals surface area contributed by atoms with Crippen LogP contribution in [0.15, 0.2) is 54.6 Å². The molecule has 0 bridgehead atoms. The normalized spacial score (nSPS) is 17.9. The van der Waals surface area contributed by atoms with Gasteiger partial charge in [0, 0.05) is 36.7 Å². The molecule has 0 spiro atoms. The first-order valence-corrected chi connectivity index (χ1v) is 11.7. The zero-order chi connectivity index (χ0) is 25.4. The molecular formula is C28H26F3NO4. The molecule has 0 saturated carbocycles. The standard InChI is InChI=1S/C28H26F3NO4/c1-16-22-12-20(33)4-7-25(22)36-28(26(16)19-10-23(30)27(31)24(34)11-19)18-2-5-21(6-3-18)35-9-8-32-14-17(13-29)15-32/h2-7,10-12,17,28,33-34H,8-9,13-15H2,1H3. The Morgan fingerprint density at radius 2 is 1.78 bits per heavy atom. The Kier molecular flexibility index (Phi) is 6.53. The Labute approximate surface area is 207 Å². The van der Waals surface area contributed by atoms with Crippen LogP contribution >= 0.6 is 0 Å². The zero-order valence-electron chi connectivity index (χ0n) is 19.7. The summed E-state index contributed by atoms with van der Waals surface area (Å²) >= 11 is 0. The lowest BCUT2D eigenvalue weighted by molar-refractivity contribution is 0.0668. The first kappa shape index (κ1) is 24.1. The molecule has 1 unspecified atom stereocenters. The lowest BCUT2D eigenvalue weighted by Crippen LogP contribution is -2.49. The van der Waals surface area contributed by atoms with Crippen molar-refractivity contribution >= 4 is 11.1 Å². The summed E-state index contributed by atoms with van der Waals surface area (Å²) in [5.41, 5.74) is 2.86. The van der Waals surface area contributed by atoms with Crippen LogP contribution in [0.4, 0.5) is 13.2 Å². The van der Waals surface area contributed by atoms with Crippen molar-refractivity contribution in [2.45, 2.75) is 13.0 Å². The molecule has 0 radical (unpaired) electrons. The van der Waals surface area contributed by atoms with E-state index >= 15 is 0 Å². The molecule has 1 saturated heterocycles. The quantitative estimate of drug-likeness (QED) is 0.437. The van der Waals surface area contributed by atoms with Crippen LogP contribution in [0, 0.1) is 17.6 Å². The van der Waals surface area contributed by atoms with E-state index in [9.17, 15) is 23.4 Å². The average Bonchev–Trinajstić information content (AvgIpc) is 2.84. The highest BCUT2D eigenvalue weighted by Gasteiger charge is 2.31. The topological polar surface area (TPSA) is 62.2 Å². The van der Waals surface area contributed by atoms with E-state index in [4.69, 9.17) is 9.47 Å². The molecular weight excluding hydrogens is 471 g/mol. The van der Waals surface area contributed by atoms with Crippen molar-refractivity contribution in [3.8, 4) is 23.0 Å². The zero-order valence-corrected chi connectivity index (χ0v) is 19.7. The van der Waals surface area contributed by atoms with E-state index in [1.165, 1.54) is 12.1 Å². The Balaban J connectivity index is 1.42. The van der Waals surface area contributed by atoms with Crippen molar-refractivity contribution in [2.24, 2.45) is 5.92 Å². The number of ether oxygens (including phenoxy) is 2. The summed E-state index contributed by atoms with van der Waals surface area (Å²) < 4.78 is 52.7. The number of likely N-dealkylation sites (tertiary alicyclic amines) is 1. The number of halogens is 3. The second-order valence-electron chi connectivity index (χ2n) is 9.21. The molecule has 5 nitrogen and oxygen atoms in total. The summed E-state index contributed by atoms with van der Waals surface area (Å²) in [5, 5.41) is 19.9. The van der Waals surface area contributed by atoms with Gasteiger partial charge in [-0.1, -0.05) is 12.1 Å². The molecule has 0 aromatic heterocycles. The third kappa shape index (κ3) is 4.60. The number of allylic oxidation sites excluding steroid dienone is 1. The lowest BCUT2D eigenvalue weighted by atomic mass is 9.86. The first-order valence-electron chi connectivity index (χ1n) is 11.7. The summed E-state index contributed by atoms with van der Waals surface area (Å²) in [6.07, 6.45) is -0.681. The fourth-order valence-electron chi connectivity index (χ4n) is 4.76. The molecule has 8 heteroatoms. The van der Waals surface area contributed by atoms with Crippen molar-refractivity contribution in [1.29, 1.82) is 0 Å². The van der Waals surface area contributed by atoms with Gasteiger partial charge >= 0.3 is 0 Å². The van der Waals surface area contributed by atoms with Gasteiger partial charge in [0.1, 0.15) is 30.0 Å².